The highest BCUT2D eigenvalue weighted by Gasteiger charge is 2.22. The third-order valence-electron chi connectivity index (χ3n) is 4.37. The predicted octanol–water partition coefficient (Wildman–Crippen LogP) is 3.23. The normalized spacial score (nSPS) is 11.3. The number of nitro groups is 1. The Balaban J connectivity index is 1.71. The van der Waals surface area contributed by atoms with Gasteiger partial charge in [0.15, 0.2) is 0 Å². The van der Waals surface area contributed by atoms with Crippen molar-refractivity contribution in [2.45, 2.75) is 27.3 Å². The molecule has 0 aliphatic heterocycles. The molecule has 0 radical (unpaired) electrons. The van der Waals surface area contributed by atoms with E-state index < -0.39 is 16.8 Å². The van der Waals surface area contributed by atoms with Crippen molar-refractivity contribution >= 4 is 34.6 Å². The smallest absolute Gasteiger partial charge is 0.353 e. The van der Waals surface area contributed by atoms with Gasteiger partial charge in [0.25, 0.3) is 5.91 Å². The zero-order valence-electron chi connectivity index (χ0n) is 17.0. The lowest BCUT2D eigenvalue weighted by molar-refractivity contribution is -0.386. The number of rotatable bonds is 7. The monoisotopic (exact) mass is 441 g/mol. The fraction of sp³-hybridized carbons (Fsp3) is 0.200. The van der Waals surface area contributed by atoms with Crippen LogP contribution in [0, 0.1) is 24.0 Å². The molecule has 0 spiro atoms. The van der Waals surface area contributed by atoms with Crippen LogP contribution in [0.1, 0.15) is 33.5 Å². The van der Waals surface area contributed by atoms with Crippen molar-refractivity contribution < 1.29 is 19.2 Å². The first-order chi connectivity index (χ1) is 14.8. The van der Waals surface area contributed by atoms with Crippen molar-refractivity contribution in [2.24, 2.45) is 5.10 Å². The minimum absolute atomic E-state index is 0.117. The van der Waals surface area contributed by atoms with E-state index in [1.54, 1.807) is 48.7 Å². The molecule has 11 heteroatoms. The van der Waals surface area contributed by atoms with Crippen LogP contribution in [0.5, 0.6) is 5.75 Å². The Morgan fingerprint density at radius 1 is 1.26 bits per heavy atom. The van der Waals surface area contributed by atoms with Crippen LogP contribution in [0.2, 0.25) is 0 Å². The van der Waals surface area contributed by atoms with Gasteiger partial charge in [-0.15, -0.1) is 11.3 Å². The molecule has 160 valence electrons. The minimum atomic E-state index is -0.525. The predicted molar refractivity (Wildman–Crippen MR) is 114 cm³/mol. The molecule has 1 amide bonds. The zero-order chi connectivity index (χ0) is 22.5. The van der Waals surface area contributed by atoms with Gasteiger partial charge in [-0.25, -0.2) is 10.2 Å². The molecule has 2 heterocycles. The van der Waals surface area contributed by atoms with Crippen molar-refractivity contribution in [3.8, 4) is 5.75 Å². The number of ether oxygens (including phenoxy) is 1. The summed E-state index contributed by atoms with van der Waals surface area (Å²) in [6.07, 6.45) is 0. The number of benzene rings is 1. The van der Waals surface area contributed by atoms with E-state index in [2.05, 4.69) is 15.6 Å². The Hall–Kier alpha value is -3.86. The van der Waals surface area contributed by atoms with Gasteiger partial charge in [0, 0.05) is 5.56 Å². The molecule has 31 heavy (non-hydrogen) atoms. The van der Waals surface area contributed by atoms with Crippen LogP contribution in [0.4, 0.5) is 5.69 Å². The number of hydrogen-bond acceptors (Lipinski definition) is 8. The fourth-order valence-electron chi connectivity index (χ4n) is 2.88. The average Bonchev–Trinajstić information content (AvgIpc) is 3.35. The first-order valence-corrected chi connectivity index (χ1v) is 10.0. The Morgan fingerprint density at radius 3 is 2.65 bits per heavy atom. The molecule has 3 aromatic rings. The summed E-state index contributed by atoms with van der Waals surface area (Å²) < 4.78 is 6.72. The van der Waals surface area contributed by atoms with Crippen molar-refractivity contribution in [3.63, 3.8) is 0 Å². The number of hydrogen-bond donors (Lipinski definition) is 1. The Bertz CT molecular complexity index is 1170. The number of aromatic nitrogens is 2. The number of nitrogens with one attached hydrogen (secondary N) is 1. The zero-order valence-corrected chi connectivity index (χ0v) is 17.8. The maximum Gasteiger partial charge on any atom is 0.353 e. The van der Waals surface area contributed by atoms with Gasteiger partial charge in [-0.2, -0.15) is 10.2 Å². The summed E-state index contributed by atoms with van der Waals surface area (Å²) >= 11 is 1.27. The summed E-state index contributed by atoms with van der Waals surface area (Å²) in [4.78, 5) is 35.6. The second kappa shape index (κ2) is 9.30. The van der Waals surface area contributed by atoms with Crippen molar-refractivity contribution in [2.75, 3.05) is 0 Å². The van der Waals surface area contributed by atoms with E-state index >= 15 is 0 Å². The molecule has 1 aromatic carbocycles. The standard InChI is InChI=1S/C20H19N5O5S/c1-12(15-7-4-5-8-16(15)30-20(27)17-9-6-10-31-17)21-22-18(26)11-24-14(3)19(25(28)29)13(2)23-24/h4-10H,11H2,1-3H3,(H,22,26)/b21-12+. The van der Waals surface area contributed by atoms with E-state index in [-0.39, 0.29) is 23.6 Å². The molecular weight excluding hydrogens is 422 g/mol. The molecule has 0 unspecified atom stereocenters. The fourth-order valence-corrected chi connectivity index (χ4v) is 3.48. The third kappa shape index (κ3) is 5.01. The number of aryl methyl sites for hydroxylation is 1. The summed E-state index contributed by atoms with van der Waals surface area (Å²) in [7, 11) is 0. The lowest BCUT2D eigenvalue weighted by atomic mass is 10.1. The van der Waals surface area contributed by atoms with Gasteiger partial charge < -0.3 is 4.74 Å². The van der Waals surface area contributed by atoms with E-state index in [1.165, 1.54) is 29.9 Å². The summed E-state index contributed by atoms with van der Waals surface area (Å²) in [5.74, 6) is -0.677. The SMILES string of the molecule is C/C(=N\NC(=O)Cn1nc(C)c([N+](=O)[O-])c1C)c1ccccc1OC(=O)c1cccs1. The van der Waals surface area contributed by atoms with Crippen molar-refractivity contribution in [1.82, 2.24) is 15.2 Å². The number of carbonyl (C=O) groups excluding carboxylic acids is 2. The first kappa shape index (κ1) is 21.8. The molecule has 0 saturated carbocycles. The van der Waals surface area contributed by atoms with Gasteiger partial charge in [-0.3, -0.25) is 19.6 Å². The van der Waals surface area contributed by atoms with Crippen LogP contribution in [0.15, 0.2) is 46.9 Å². The molecule has 2 aromatic heterocycles. The van der Waals surface area contributed by atoms with Gasteiger partial charge in [0.1, 0.15) is 28.6 Å². The van der Waals surface area contributed by atoms with Gasteiger partial charge in [-0.05, 0) is 44.4 Å². The van der Waals surface area contributed by atoms with Gasteiger partial charge in [-0.1, -0.05) is 18.2 Å². The summed E-state index contributed by atoms with van der Waals surface area (Å²) in [5, 5.41) is 21.0. The summed E-state index contributed by atoms with van der Waals surface area (Å²) in [6, 6.07) is 10.3. The molecule has 0 aliphatic carbocycles. The number of hydrazone groups is 1. The second-order valence-corrected chi connectivity index (χ2v) is 7.48. The van der Waals surface area contributed by atoms with Crippen LogP contribution in [0.3, 0.4) is 0 Å². The number of thiophene rings is 1. The third-order valence-corrected chi connectivity index (χ3v) is 5.22. The highest BCUT2D eigenvalue weighted by atomic mass is 32.1. The molecule has 10 nitrogen and oxygen atoms in total. The van der Waals surface area contributed by atoms with Crippen LogP contribution in [-0.4, -0.2) is 32.3 Å². The van der Waals surface area contributed by atoms with Crippen LogP contribution < -0.4 is 10.2 Å². The van der Waals surface area contributed by atoms with Crippen LogP contribution in [0.25, 0.3) is 0 Å². The van der Waals surface area contributed by atoms with Gasteiger partial charge in [0.05, 0.1) is 10.6 Å². The maximum atomic E-state index is 12.3. The van der Waals surface area contributed by atoms with E-state index in [4.69, 9.17) is 4.74 Å². The summed E-state index contributed by atoms with van der Waals surface area (Å²) in [6.45, 7) is 4.47. The molecule has 0 bridgehead atoms. The molecule has 3 rings (SSSR count). The number of nitrogens with zero attached hydrogens (tertiary/aromatic N) is 4. The van der Waals surface area contributed by atoms with Crippen molar-refractivity contribution in [1.29, 1.82) is 0 Å². The van der Waals surface area contributed by atoms with E-state index in [0.717, 1.165) is 0 Å². The van der Waals surface area contributed by atoms with Gasteiger partial charge in [0.2, 0.25) is 0 Å². The lowest BCUT2D eigenvalue weighted by Gasteiger charge is -2.09. The number of esters is 1. The molecular formula is C20H19N5O5S. The van der Waals surface area contributed by atoms with E-state index in [0.29, 0.717) is 21.9 Å². The number of carbonyl (C=O) groups is 2. The van der Waals surface area contributed by atoms with E-state index in [9.17, 15) is 19.7 Å². The Kier molecular flexibility index (Phi) is 6.55. The van der Waals surface area contributed by atoms with Crippen molar-refractivity contribution in [3.05, 3.63) is 73.7 Å². The molecule has 0 atom stereocenters. The minimum Gasteiger partial charge on any atom is -0.422 e. The Morgan fingerprint density at radius 2 is 2.00 bits per heavy atom. The quantitative estimate of drug-likeness (QED) is 0.197. The molecule has 0 fully saturated rings. The number of amides is 1. The molecule has 0 saturated heterocycles. The highest BCUT2D eigenvalue weighted by molar-refractivity contribution is 7.12. The first-order valence-electron chi connectivity index (χ1n) is 9.14. The highest BCUT2D eigenvalue weighted by Crippen LogP contribution is 2.22. The van der Waals surface area contributed by atoms with E-state index in [1.807, 2.05) is 0 Å². The molecule has 0 aliphatic rings. The Labute approximate surface area is 181 Å². The van der Waals surface area contributed by atoms with Crippen LogP contribution in [-0.2, 0) is 11.3 Å². The average molecular weight is 441 g/mol. The summed E-state index contributed by atoms with van der Waals surface area (Å²) in [5.41, 5.74) is 3.76. The lowest BCUT2D eigenvalue weighted by Crippen LogP contribution is -2.25. The van der Waals surface area contributed by atoms with Crippen LogP contribution >= 0.6 is 11.3 Å². The number of para-hydroxylation sites is 1. The maximum absolute atomic E-state index is 12.3. The molecule has 1 N–H and O–H groups in total. The second-order valence-electron chi connectivity index (χ2n) is 6.53. The van der Waals surface area contributed by atoms with Gasteiger partial charge >= 0.3 is 11.7 Å². The largest absolute Gasteiger partial charge is 0.422 e. The topological polar surface area (TPSA) is 129 Å².